The van der Waals surface area contributed by atoms with Gasteiger partial charge in [-0.3, -0.25) is 0 Å². The number of aromatic nitrogens is 1. The second-order valence-electron chi connectivity index (χ2n) is 5.33. The zero-order chi connectivity index (χ0) is 16.7. The number of rotatable bonds is 7. The lowest BCUT2D eigenvalue weighted by atomic mass is 10.1. The number of halogens is 1. The van der Waals surface area contributed by atoms with Crippen LogP contribution >= 0.6 is 0 Å². The normalized spacial score (nSPS) is 12.3. The summed E-state index contributed by atoms with van der Waals surface area (Å²) in [7, 11) is 4.01. The van der Waals surface area contributed by atoms with E-state index in [0.717, 1.165) is 16.8 Å². The summed E-state index contributed by atoms with van der Waals surface area (Å²) in [5, 5.41) is 8.90. The Labute approximate surface area is 135 Å². The first-order valence-corrected chi connectivity index (χ1v) is 7.37. The fraction of sp³-hybridized carbons (Fsp3) is 0.278. The minimum Gasteiger partial charge on any atom is -0.469 e. The fourth-order valence-electron chi connectivity index (χ4n) is 1.92. The van der Waals surface area contributed by atoms with Crippen molar-refractivity contribution in [2.45, 2.75) is 6.10 Å². The molecule has 0 radical (unpaired) electrons. The molecule has 0 saturated carbocycles. The summed E-state index contributed by atoms with van der Waals surface area (Å²) in [6.45, 7) is -1.12. The second kappa shape index (κ2) is 8.29. The molecule has 1 atom stereocenters. The van der Waals surface area contributed by atoms with Gasteiger partial charge in [-0.25, -0.2) is 9.37 Å². The van der Waals surface area contributed by atoms with Crippen LogP contribution in [0.4, 0.5) is 10.1 Å². The molecule has 1 N–H and O–H groups in total. The van der Waals surface area contributed by atoms with Crippen molar-refractivity contribution in [1.29, 1.82) is 0 Å². The molecule has 2 rings (SSSR count). The summed E-state index contributed by atoms with van der Waals surface area (Å²) >= 11 is 0. The van der Waals surface area contributed by atoms with E-state index in [-0.39, 0.29) is 6.61 Å². The molecule has 1 unspecified atom stereocenters. The predicted octanol–water partition coefficient (Wildman–Crippen LogP) is 3.03. The van der Waals surface area contributed by atoms with Crippen molar-refractivity contribution in [2.24, 2.45) is 0 Å². The molecule has 0 aliphatic carbocycles. The molecule has 122 valence electrons. The number of alkyl halides is 1. The van der Waals surface area contributed by atoms with Gasteiger partial charge < -0.3 is 14.7 Å². The molecule has 2 aromatic rings. The lowest BCUT2D eigenvalue weighted by Crippen LogP contribution is -2.23. The van der Waals surface area contributed by atoms with Crippen LogP contribution in [-0.4, -0.2) is 43.6 Å². The Bertz CT molecular complexity index is 620. The molecule has 0 fully saturated rings. The predicted molar refractivity (Wildman–Crippen MR) is 91.4 cm³/mol. The van der Waals surface area contributed by atoms with Crippen molar-refractivity contribution in [2.75, 3.05) is 32.3 Å². The van der Waals surface area contributed by atoms with Gasteiger partial charge in [0, 0.05) is 32.0 Å². The third-order valence-corrected chi connectivity index (χ3v) is 3.30. The van der Waals surface area contributed by atoms with E-state index in [2.05, 4.69) is 17.1 Å². The third kappa shape index (κ3) is 5.07. The van der Waals surface area contributed by atoms with Crippen LogP contribution in [0.25, 0.3) is 12.2 Å². The maximum atomic E-state index is 12.5. The lowest BCUT2D eigenvalue weighted by molar-refractivity contribution is 0.0892. The van der Waals surface area contributed by atoms with Gasteiger partial charge in [-0.05, 0) is 29.3 Å². The molecule has 0 aliphatic heterocycles. The van der Waals surface area contributed by atoms with E-state index < -0.39 is 12.8 Å². The molecule has 0 aliphatic rings. The molecule has 1 heterocycles. The zero-order valence-corrected chi connectivity index (χ0v) is 13.3. The van der Waals surface area contributed by atoms with Crippen LogP contribution in [0.15, 0.2) is 42.6 Å². The van der Waals surface area contributed by atoms with Gasteiger partial charge in [-0.15, -0.1) is 0 Å². The Hall–Kier alpha value is -2.40. The first-order chi connectivity index (χ1) is 11.1. The summed E-state index contributed by atoms with van der Waals surface area (Å²) < 4.78 is 17.7. The van der Waals surface area contributed by atoms with Crippen molar-refractivity contribution < 1.29 is 14.2 Å². The highest BCUT2D eigenvalue weighted by Gasteiger charge is 2.08. The van der Waals surface area contributed by atoms with Gasteiger partial charge in [-0.1, -0.05) is 24.3 Å². The quantitative estimate of drug-likeness (QED) is 0.853. The first-order valence-electron chi connectivity index (χ1n) is 7.37. The van der Waals surface area contributed by atoms with Crippen molar-refractivity contribution in [3.8, 4) is 5.88 Å². The number of ether oxygens (including phenoxy) is 1. The minimum absolute atomic E-state index is 0.300. The summed E-state index contributed by atoms with van der Waals surface area (Å²) in [6, 6.07) is 11.7. The van der Waals surface area contributed by atoms with Gasteiger partial charge in [-0.2, -0.15) is 0 Å². The van der Waals surface area contributed by atoms with E-state index in [1.54, 1.807) is 12.3 Å². The fourth-order valence-corrected chi connectivity index (χ4v) is 1.92. The van der Waals surface area contributed by atoms with Crippen LogP contribution < -0.4 is 9.64 Å². The SMILES string of the molecule is CN(C)c1ccc(C=Cc2ccc(OC(CO)CF)nc2)cc1. The van der Waals surface area contributed by atoms with Gasteiger partial charge in [0.25, 0.3) is 0 Å². The van der Waals surface area contributed by atoms with E-state index in [0.29, 0.717) is 5.88 Å². The number of hydrogen-bond donors (Lipinski definition) is 1. The number of aliphatic hydroxyl groups excluding tert-OH is 1. The van der Waals surface area contributed by atoms with Crippen molar-refractivity contribution >= 4 is 17.8 Å². The van der Waals surface area contributed by atoms with E-state index in [1.165, 1.54) is 0 Å². The van der Waals surface area contributed by atoms with Gasteiger partial charge >= 0.3 is 0 Å². The highest BCUT2D eigenvalue weighted by atomic mass is 19.1. The molecular formula is C18H21FN2O2. The molecule has 4 nitrogen and oxygen atoms in total. The number of aliphatic hydroxyl groups is 1. The van der Waals surface area contributed by atoms with E-state index in [9.17, 15) is 4.39 Å². The van der Waals surface area contributed by atoms with E-state index in [1.807, 2.05) is 49.3 Å². The van der Waals surface area contributed by atoms with Crippen LogP contribution in [0.1, 0.15) is 11.1 Å². The largest absolute Gasteiger partial charge is 0.469 e. The number of pyridine rings is 1. The van der Waals surface area contributed by atoms with Crippen LogP contribution in [0.5, 0.6) is 5.88 Å². The summed E-state index contributed by atoms with van der Waals surface area (Å²) in [4.78, 5) is 6.15. The van der Waals surface area contributed by atoms with Crippen molar-refractivity contribution in [3.63, 3.8) is 0 Å². The average molecular weight is 316 g/mol. The van der Waals surface area contributed by atoms with E-state index >= 15 is 0 Å². The molecule has 23 heavy (non-hydrogen) atoms. The summed E-state index contributed by atoms with van der Waals surface area (Å²) in [5.74, 6) is 0.300. The highest BCUT2D eigenvalue weighted by molar-refractivity contribution is 5.70. The highest BCUT2D eigenvalue weighted by Crippen LogP contribution is 2.15. The Morgan fingerprint density at radius 1 is 1.13 bits per heavy atom. The molecule has 0 saturated heterocycles. The molecule has 0 bridgehead atoms. The van der Waals surface area contributed by atoms with Crippen LogP contribution in [-0.2, 0) is 0 Å². The van der Waals surface area contributed by atoms with Gasteiger partial charge in [0.2, 0.25) is 5.88 Å². The maximum absolute atomic E-state index is 12.5. The Kier molecular flexibility index (Phi) is 6.11. The molecule has 0 amide bonds. The standard InChI is InChI=1S/C18H21FN2O2/c1-21(2)16-8-5-14(6-9-16)3-4-15-7-10-18(20-12-15)23-17(11-19)13-22/h3-10,12,17,22H,11,13H2,1-2H3. The van der Waals surface area contributed by atoms with E-state index in [4.69, 9.17) is 9.84 Å². The number of anilines is 1. The van der Waals surface area contributed by atoms with Gasteiger partial charge in [0.05, 0.1) is 6.61 Å². The number of hydrogen-bond acceptors (Lipinski definition) is 4. The summed E-state index contributed by atoms with van der Waals surface area (Å²) in [5.41, 5.74) is 3.15. The average Bonchev–Trinajstić information content (AvgIpc) is 2.59. The van der Waals surface area contributed by atoms with Crippen LogP contribution in [0.3, 0.4) is 0 Å². The van der Waals surface area contributed by atoms with Crippen molar-refractivity contribution in [3.05, 3.63) is 53.7 Å². The Balaban J connectivity index is 1.99. The second-order valence-corrected chi connectivity index (χ2v) is 5.33. The van der Waals surface area contributed by atoms with Crippen LogP contribution in [0.2, 0.25) is 0 Å². The zero-order valence-electron chi connectivity index (χ0n) is 13.3. The number of benzene rings is 1. The van der Waals surface area contributed by atoms with Crippen molar-refractivity contribution in [1.82, 2.24) is 4.98 Å². The molecule has 1 aromatic heterocycles. The number of nitrogens with zero attached hydrogens (tertiary/aromatic N) is 2. The molecule has 0 spiro atoms. The van der Waals surface area contributed by atoms with Crippen LogP contribution in [0, 0.1) is 0 Å². The lowest BCUT2D eigenvalue weighted by Gasteiger charge is -2.12. The smallest absolute Gasteiger partial charge is 0.213 e. The Morgan fingerprint density at radius 3 is 2.30 bits per heavy atom. The Morgan fingerprint density at radius 2 is 1.78 bits per heavy atom. The van der Waals surface area contributed by atoms with Gasteiger partial charge in [0.15, 0.2) is 6.10 Å². The minimum atomic E-state index is -0.862. The topological polar surface area (TPSA) is 45.6 Å². The van der Waals surface area contributed by atoms with Gasteiger partial charge in [0.1, 0.15) is 6.67 Å². The molecule has 5 heteroatoms. The first kappa shape index (κ1) is 17.0. The monoisotopic (exact) mass is 316 g/mol. The molecular weight excluding hydrogens is 295 g/mol. The summed E-state index contributed by atoms with van der Waals surface area (Å²) in [6.07, 6.45) is 4.72. The maximum Gasteiger partial charge on any atom is 0.213 e. The third-order valence-electron chi connectivity index (χ3n) is 3.30. The molecule has 1 aromatic carbocycles.